The van der Waals surface area contributed by atoms with E-state index in [2.05, 4.69) is 11.0 Å². The summed E-state index contributed by atoms with van der Waals surface area (Å²) in [4.78, 5) is 16.8. The second-order valence-corrected chi connectivity index (χ2v) is 6.11. The molecule has 1 aromatic carbocycles. The average molecular weight is 332 g/mol. The van der Waals surface area contributed by atoms with Gasteiger partial charge in [-0.15, -0.1) is 0 Å². The smallest absolute Gasteiger partial charge is 0.230 e. The molecule has 1 aliphatic heterocycles. The van der Waals surface area contributed by atoms with Gasteiger partial charge in [0.05, 0.1) is 20.1 Å². The van der Waals surface area contributed by atoms with Crippen molar-refractivity contribution in [3.05, 3.63) is 29.8 Å². The molecule has 5 nitrogen and oxygen atoms in total. The molecule has 0 radical (unpaired) electrons. The molecule has 5 heteroatoms. The summed E-state index contributed by atoms with van der Waals surface area (Å²) < 4.78 is 10.7. The van der Waals surface area contributed by atoms with Crippen molar-refractivity contribution in [2.24, 2.45) is 5.92 Å². The van der Waals surface area contributed by atoms with Crippen molar-refractivity contribution in [1.82, 2.24) is 9.80 Å². The molecule has 132 valence electrons. The van der Waals surface area contributed by atoms with Crippen molar-refractivity contribution in [2.45, 2.75) is 13.8 Å². The summed E-state index contributed by atoms with van der Waals surface area (Å²) in [6, 6.07) is 5.84. The highest BCUT2D eigenvalue weighted by atomic mass is 16.5. The number of amides is 1. The number of carbonyl (C=O) groups is 1. The molecule has 1 aliphatic rings. The fraction of sp³-hybridized carbons (Fsp3) is 0.526. The Balaban J connectivity index is 2.36. The van der Waals surface area contributed by atoms with Gasteiger partial charge in [-0.25, -0.2) is 0 Å². The third-order valence-corrected chi connectivity index (χ3v) is 4.47. The zero-order valence-corrected chi connectivity index (χ0v) is 15.3. The first-order valence-electron chi connectivity index (χ1n) is 8.43. The quantitative estimate of drug-likeness (QED) is 0.803. The largest absolute Gasteiger partial charge is 0.497 e. The van der Waals surface area contributed by atoms with Crippen LogP contribution in [0.3, 0.4) is 0 Å². The van der Waals surface area contributed by atoms with Crippen LogP contribution in [-0.4, -0.2) is 63.2 Å². The number of hydrogen-bond acceptors (Lipinski definition) is 4. The number of likely N-dealkylation sites (N-methyl/N-ethyl adjacent to an activating group) is 1. The topological polar surface area (TPSA) is 42.0 Å². The summed E-state index contributed by atoms with van der Waals surface area (Å²) in [5.74, 6) is 1.59. The second kappa shape index (κ2) is 8.20. The van der Waals surface area contributed by atoms with Crippen LogP contribution in [0, 0.1) is 5.92 Å². The maximum Gasteiger partial charge on any atom is 0.230 e. The summed E-state index contributed by atoms with van der Waals surface area (Å²) in [6.07, 6.45) is 2.11. The third kappa shape index (κ3) is 4.09. The van der Waals surface area contributed by atoms with E-state index in [-0.39, 0.29) is 11.8 Å². The number of rotatable bonds is 6. The van der Waals surface area contributed by atoms with Gasteiger partial charge in [-0.2, -0.15) is 0 Å². The summed E-state index contributed by atoms with van der Waals surface area (Å²) in [7, 11) is 5.34. The molecule has 0 aliphatic carbocycles. The van der Waals surface area contributed by atoms with E-state index in [1.165, 1.54) is 0 Å². The summed E-state index contributed by atoms with van der Waals surface area (Å²) in [5, 5.41) is 0. The molecule has 1 unspecified atom stereocenters. The minimum Gasteiger partial charge on any atom is -0.497 e. The number of methoxy groups -OCH3 is 2. The Kier molecular flexibility index (Phi) is 6.26. The van der Waals surface area contributed by atoms with Gasteiger partial charge >= 0.3 is 0 Å². The molecule has 0 aromatic heterocycles. The van der Waals surface area contributed by atoms with E-state index in [4.69, 9.17) is 9.47 Å². The lowest BCUT2D eigenvalue weighted by molar-refractivity contribution is -0.134. The van der Waals surface area contributed by atoms with E-state index in [9.17, 15) is 4.79 Å². The van der Waals surface area contributed by atoms with E-state index in [1.807, 2.05) is 44.0 Å². The lowest BCUT2D eigenvalue weighted by atomic mass is 9.94. The van der Waals surface area contributed by atoms with Gasteiger partial charge in [-0.05, 0) is 44.2 Å². The Bertz CT molecular complexity index is 586. The highest BCUT2D eigenvalue weighted by molar-refractivity contribution is 5.84. The molecular formula is C19H28N2O3. The van der Waals surface area contributed by atoms with Crippen molar-refractivity contribution in [3.63, 3.8) is 0 Å². The molecule has 0 saturated heterocycles. The van der Waals surface area contributed by atoms with Crippen LogP contribution in [0.1, 0.15) is 19.4 Å². The Morgan fingerprint density at radius 3 is 2.25 bits per heavy atom. The van der Waals surface area contributed by atoms with Crippen molar-refractivity contribution in [1.29, 1.82) is 0 Å². The number of benzene rings is 1. The zero-order chi connectivity index (χ0) is 17.7. The van der Waals surface area contributed by atoms with Crippen LogP contribution < -0.4 is 9.47 Å². The van der Waals surface area contributed by atoms with Crippen molar-refractivity contribution >= 4 is 11.5 Å². The minimum atomic E-state index is -0.115. The molecule has 1 aromatic rings. The van der Waals surface area contributed by atoms with Crippen LogP contribution in [0.25, 0.3) is 5.57 Å². The zero-order valence-electron chi connectivity index (χ0n) is 15.3. The van der Waals surface area contributed by atoms with Crippen LogP contribution in [0.15, 0.2) is 24.3 Å². The van der Waals surface area contributed by atoms with Crippen LogP contribution in [0.5, 0.6) is 11.5 Å². The fourth-order valence-electron chi connectivity index (χ4n) is 3.14. The molecule has 1 atom stereocenters. The molecule has 0 N–H and O–H groups in total. The summed E-state index contributed by atoms with van der Waals surface area (Å²) >= 11 is 0. The summed E-state index contributed by atoms with van der Waals surface area (Å²) in [5.41, 5.74) is 2.17. The Morgan fingerprint density at radius 2 is 1.75 bits per heavy atom. The SMILES string of the molecule is CCN(CC)C(=O)C1C=C(c2cc(OC)cc(OC)c2)CN(C)C1. The van der Waals surface area contributed by atoms with Gasteiger partial charge in [-0.1, -0.05) is 6.08 Å². The third-order valence-electron chi connectivity index (χ3n) is 4.47. The monoisotopic (exact) mass is 332 g/mol. The Hall–Kier alpha value is -2.01. The minimum absolute atomic E-state index is 0.115. The molecule has 0 bridgehead atoms. The van der Waals surface area contributed by atoms with Gasteiger partial charge in [0.1, 0.15) is 11.5 Å². The molecular weight excluding hydrogens is 304 g/mol. The fourth-order valence-corrected chi connectivity index (χ4v) is 3.14. The molecule has 1 heterocycles. The van der Waals surface area contributed by atoms with Crippen LogP contribution >= 0.6 is 0 Å². The normalized spacial score (nSPS) is 18.0. The molecule has 1 amide bonds. The number of ether oxygens (including phenoxy) is 2. The van der Waals surface area contributed by atoms with E-state index < -0.39 is 0 Å². The van der Waals surface area contributed by atoms with Crippen molar-refractivity contribution < 1.29 is 14.3 Å². The van der Waals surface area contributed by atoms with Crippen molar-refractivity contribution in [3.8, 4) is 11.5 Å². The first-order valence-corrected chi connectivity index (χ1v) is 8.43. The predicted octanol–water partition coefficient (Wildman–Crippen LogP) is 2.52. The average Bonchev–Trinajstić information content (AvgIpc) is 2.61. The first kappa shape index (κ1) is 18.3. The lowest BCUT2D eigenvalue weighted by Crippen LogP contribution is -2.42. The first-order chi connectivity index (χ1) is 11.5. The Morgan fingerprint density at radius 1 is 1.17 bits per heavy atom. The van der Waals surface area contributed by atoms with Gasteiger partial charge in [-0.3, -0.25) is 4.79 Å². The van der Waals surface area contributed by atoms with Crippen molar-refractivity contribution in [2.75, 3.05) is 47.4 Å². The Labute approximate surface area is 144 Å². The highest BCUT2D eigenvalue weighted by Crippen LogP contribution is 2.30. The number of hydrogen-bond donors (Lipinski definition) is 0. The lowest BCUT2D eigenvalue weighted by Gasteiger charge is -2.32. The molecule has 0 saturated carbocycles. The maximum absolute atomic E-state index is 12.7. The standard InChI is InChI=1S/C19H28N2O3/c1-6-21(7-2)19(22)16-8-15(12-20(3)13-16)14-9-17(23-4)11-18(10-14)24-5/h8-11,16H,6-7,12-13H2,1-5H3. The number of carbonyl (C=O) groups excluding carboxylic acids is 1. The van der Waals surface area contributed by atoms with Crippen LogP contribution in [0.2, 0.25) is 0 Å². The highest BCUT2D eigenvalue weighted by Gasteiger charge is 2.27. The molecule has 0 spiro atoms. The summed E-state index contributed by atoms with van der Waals surface area (Å²) in [6.45, 7) is 7.08. The van der Waals surface area contributed by atoms with Gasteiger partial charge in [0.2, 0.25) is 5.91 Å². The van der Waals surface area contributed by atoms with Crippen LogP contribution in [0.4, 0.5) is 0 Å². The van der Waals surface area contributed by atoms with Crippen LogP contribution in [-0.2, 0) is 4.79 Å². The predicted molar refractivity (Wildman–Crippen MR) is 96.4 cm³/mol. The van der Waals surface area contributed by atoms with Gasteiger partial charge in [0.15, 0.2) is 0 Å². The van der Waals surface area contributed by atoms with Gasteiger partial charge in [0, 0.05) is 32.2 Å². The van der Waals surface area contributed by atoms with Gasteiger partial charge < -0.3 is 19.3 Å². The molecule has 0 fully saturated rings. The van der Waals surface area contributed by atoms with E-state index >= 15 is 0 Å². The molecule has 2 rings (SSSR count). The van der Waals surface area contributed by atoms with Gasteiger partial charge in [0.25, 0.3) is 0 Å². The van der Waals surface area contributed by atoms with E-state index in [0.717, 1.165) is 48.8 Å². The second-order valence-electron chi connectivity index (χ2n) is 6.11. The van der Waals surface area contributed by atoms with E-state index in [1.54, 1.807) is 14.2 Å². The van der Waals surface area contributed by atoms with E-state index in [0.29, 0.717) is 0 Å². The maximum atomic E-state index is 12.7. The molecule has 24 heavy (non-hydrogen) atoms. The number of nitrogens with zero attached hydrogens (tertiary/aromatic N) is 2.